The molecular formula is C12H16N2O3. The highest BCUT2D eigenvalue weighted by Crippen LogP contribution is 2.21. The average molecular weight is 236 g/mol. The number of aromatic nitrogens is 1. The molecule has 1 amide bonds. The Balaban J connectivity index is 2.21. The van der Waals surface area contributed by atoms with Crippen molar-refractivity contribution in [1.29, 1.82) is 0 Å². The van der Waals surface area contributed by atoms with Crippen LogP contribution in [0.5, 0.6) is 0 Å². The van der Waals surface area contributed by atoms with Gasteiger partial charge >= 0.3 is 0 Å². The van der Waals surface area contributed by atoms with Crippen molar-refractivity contribution in [3.63, 3.8) is 0 Å². The molecule has 5 heteroatoms. The second-order valence-electron chi connectivity index (χ2n) is 4.84. The summed E-state index contributed by atoms with van der Waals surface area (Å²) in [5.74, 6) is -0.194. The highest BCUT2D eigenvalue weighted by molar-refractivity contribution is 5.94. The minimum Gasteiger partial charge on any atom is -0.388 e. The standard InChI is InChI=1S/C12H16N2O3/c1-12(17)4-6-14(8-12)11(16)9-3-5-13(2)10(15)7-9/h3,5,7,17H,4,6,8H2,1-2H3. The maximum atomic E-state index is 12.1. The third-order valence-corrected chi connectivity index (χ3v) is 3.09. The van der Waals surface area contributed by atoms with Gasteiger partial charge in [-0.3, -0.25) is 9.59 Å². The van der Waals surface area contributed by atoms with Crippen LogP contribution in [0.4, 0.5) is 0 Å². The van der Waals surface area contributed by atoms with E-state index in [2.05, 4.69) is 0 Å². The van der Waals surface area contributed by atoms with Gasteiger partial charge < -0.3 is 14.6 Å². The molecule has 5 nitrogen and oxygen atoms in total. The molecule has 1 unspecified atom stereocenters. The van der Waals surface area contributed by atoms with Crippen LogP contribution in [0.2, 0.25) is 0 Å². The van der Waals surface area contributed by atoms with E-state index in [-0.39, 0.29) is 11.5 Å². The Morgan fingerprint density at radius 2 is 2.24 bits per heavy atom. The lowest BCUT2D eigenvalue weighted by atomic mass is 10.1. The maximum Gasteiger partial charge on any atom is 0.254 e. The summed E-state index contributed by atoms with van der Waals surface area (Å²) in [4.78, 5) is 25.1. The predicted molar refractivity (Wildman–Crippen MR) is 62.8 cm³/mol. The first-order valence-electron chi connectivity index (χ1n) is 5.57. The molecular weight excluding hydrogens is 220 g/mol. The summed E-state index contributed by atoms with van der Waals surface area (Å²) >= 11 is 0. The number of β-amino-alcohol motifs (C(OH)–C–C–N with tert-alkyl or cyclic N) is 1. The Hall–Kier alpha value is -1.62. The fourth-order valence-corrected chi connectivity index (χ4v) is 1.98. The number of nitrogens with zero attached hydrogens (tertiary/aromatic N) is 2. The van der Waals surface area contributed by atoms with Crippen molar-refractivity contribution in [2.45, 2.75) is 18.9 Å². The molecule has 0 aromatic carbocycles. The van der Waals surface area contributed by atoms with E-state index >= 15 is 0 Å². The molecule has 2 heterocycles. The van der Waals surface area contributed by atoms with Crippen molar-refractivity contribution < 1.29 is 9.90 Å². The van der Waals surface area contributed by atoms with Crippen LogP contribution >= 0.6 is 0 Å². The quantitative estimate of drug-likeness (QED) is 0.745. The summed E-state index contributed by atoms with van der Waals surface area (Å²) in [5, 5.41) is 9.80. The van der Waals surface area contributed by atoms with Gasteiger partial charge in [0.05, 0.1) is 5.60 Å². The van der Waals surface area contributed by atoms with Gasteiger partial charge in [0.2, 0.25) is 0 Å². The molecule has 92 valence electrons. The second kappa shape index (κ2) is 4.00. The molecule has 0 bridgehead atoms. The van der Waals surface area contributed by atoms with Gasteiger partial charge in [-0.05, 0) is 19.4 Å². The minimum absolute atomic E-state index is 0.194. The van der Waals surface area contributed by atoms with Crippen LogP contribution in [-0.2, 0) is 7.05 Å². The van der Waals surface area contributed by atoms with E-state index in [1.807, 2.05) is 0 Å². The summed E-state index contributed by atoms with van der Waals surface area (Å²) in [6.45, 7) is 2.56. The number of hydrogen-bond donors (Lipinski definition) is 1. The van der Waals surface area contributed by atoms with Gasteiger partial charge in [0, 0.05) is 38.0 Å². The summed E-state index contributed by atoms with van der Waals surface area (Å²) in [6.07, 6.45) is 2.15. The van der Waals surface area contributed by atoms with Crippen molar-refractivity contribution >= 4 is 5.91 Å². The van der Waals surface area contributed by atoms with Gasteiger partial charge in [-0.15, -0.1) is 0 Å². The molecule has 0 spiro atoms. The number of pyridine rings is 1. The third kappa shape index (κ3) is 2.39. The largest absolute Gasteiger partial charge is 0.388 e. The zero-order valence-electron chi connectivity index (χ0n) is 10.0. The molecule has 1 N–H and O–H groups in total. The lowest BCUT2D eigenvalue weighted by molar-refractivity contribution is 0.0572. The number of aliphatic hydroxyl groups is 1. The number of carbonyl (C=O) groups is 1. The molecule has 1 atom stereocenters. The molecule has 1 aromatic heterocycles. The number of aryl methyl sites for hydroxylation is 1. The monoisotopic (exact) mass is 236 g/mol. The van der Waals surface area contributed by atoms with E-state index in [4.69, 9.17) is 0 Å². The number of carbonyl (C=O) groups excluding carboxylic acids is 1. The van der Waals surface area contributed by atoms with Crippen LogP contribution < -0.4 is 5.56 Å². The van der Waals surface area contributed by atoms with Gasteiger partial charge in [-0.1, -0.05) is 0 Å². The van der Waals surface area contributed by atoms with Crippen molar-refractivity contribution in [2.75, 3.05) is 13.1 Å². The SMILES string of the molecule is Cn1ccc(C(=O)N2CCC(C)(O)C2)cc1=O. The van der Waals surface area contributed by atoms with Gasteiger partial charge in [0.25, 0.3) is 11.5 Å². The minimum atomic E-state index is -0.810. The summed E-state index contributed by atoms with van der Waals surface area (Å²) < 4.78 is 1.41. The van der Waals surface area contributed by atoms with Crippen LogP contribution in [0, 0.1) is 0 Å². The Bertz CT molecular complexity index is 505. The highest BCUT2D eigenvalue weighted by atomic mass is 16.3. The van der Waals surface area contributed by atoms with Crippen LogP contribution in [0.3, 0.4) is 0 Å². The third-order valence-electron chi connectivity index (χ3n) is 3.09. The van der Waals surface area contributed by atoms with Crippen LogP contribution in [0.15, 0.2) is 23.1 Å². The molecule has 0 aliphatic carbocycles. The summed E-state index contributed by atoms with van der Waals surface area (Å²) in [7, 11) is 1.64. The molecule has 1 saturated heterocycles. The van der Waals surface area contributed by atoms with Crippen LogP contribution in [0.1, 0.15) is 23.7 Å². The summed E-state index contributed by atoms with van der Waals surface area (Å²) in [6, 6.07) is 2.95. The lowest BCUT2D eigenvalue weighted by Gasteiger charge is -2.19. The molecule has 1 aliphatic heterocycles. The number of rotatable bonds is 1. The van der Waals surface area contributed by atoms with E-state index < -0.39 is 5.60 Å². The number of hydrogen-bond acceptors (Lipinski definition) is 3. The van der Waals surface area contributed by atoms with E-state index in [1.165, 1.54) is 10.6 Å². The molecule has 0 radical (unpaired) electrons. The predicted octanol–water partition coefficient (Wildman–Crippen LogP) is -0.0178. The average Bonchev–Trinajstić information content (AvgIpc) is 2.62. The number of amides is 1. The van der Waals surface area contributed by atoms with E-state index in [0.29, 0.717) is 25.1 Å². The lowest BCUT2D eigenvalue weighted by Crippen LogP contribution is -2.34. The van der Waals surface area contributed by atoms with Crippen LogP contribution in [0.25, 0.3) is 0 Å². The maximum absolute atomic E-state index is 12.1. The van der Waals surface area contributed by atoms with Crippen LogP contribution in [-0.4, -0.2) is 39.2 Å². The Labute approximate surface area is 99.3 Å². The first-order valence-corrected chi connectivity index (χ1v) is 5.57. The first-order chi connectivity index (χ1) is 7.89. The van der Waals surface area contributed by atoms with Gasteiger partial charge in [0.1, 0.15) is 0 Å². The Kier molecular flexibility index (Phi) is 2.79. The van der Waals surface area contributed by atoms with E-state index in [1.54, 1.807) is 31.1 Å². The topological polar surface area (TPSA) is 62.5 Å². The van der Waals surface area contributed by atoms with Crippen molar-refractivity contribution in [3.8, 4) is 0 Å². The fraction of sp³-hybridized carbons (Fsp3) is 0.500. The molecule has 17 heavy (non-hydrogen) atoms. The molecule has 1 aromatic rings. The van der Waals surface area contributed by atoms with Gasteiger partial charge in [-0.25, -0.2) is 0 Å². The van der Waals surface area contributed by atoms with E-state index in [0.717, 1.165) is 0 Å². The molecule has 2 rings (SSSR count). The smallest absolute Gasteiger partial charge is 0.254 e. The Morgan fingerprint density at radius 1 is 1.53 bits per heavy atom. The van der Waals surface area contributed by atoms with Crippen molar-refractivity contribution in [2.24, 2.45) is 7.05 Å². The zero-order valence-corrected chi connectivity index (χ0v) is 10.0. The summed E-state index contributed by atoms with van der Waals surface area (Å²) in [5.41, 5.74) is -0.636. The Morgan fingerprint density at radius 3 is 2.76 bits per heavy atom. The highest BCUT2D eigenvalue weighted by Gasteiger charge is 2.34. The molecule has 1 aliphatic rings. The zero-order chi connectivity index (χ0) is 12.6. The normalized spacial score (nSPS) is 24.1. The first kappa shape index (κ1) is 11.9. The fourth-order valence-electron chi connectivity index (χ4n) is 1.98. The van der Waals surface area contributed by atoms with Crippen molar-refractivity contribution in [3.05, 3.63) is 34.2 Å². The van der Waals surface area contributed by atoms with Gasteiger partial charge in [0.15, 0.2) is 0 Å². The van der Waals surface area contributed by atoms with Gasteiger partial charge in [-0.2, -0.15) is 0 Å². The molecule has 1 fully saturated rings. The second-order valence-corrected chi connectivity index (χ2v) is 4.84. The number of likely N-dealkylation sites (tertiary alicyclic amines) is 1. The van der Waals surface area contributed by atoms with E-state index in [9.17, 15) is 14.7 Å². The molecule has 0 saturated carbocycles. The van der Waals surface area contributed by atoms with Crippen molar-refractivity contribution in [1.82, 2.24) is 9.47 Å².